The lowest BCUT2D eigenvalue weighted by Crippen LogP contribution is -2.24. The van der Waals surface area contributed by atoms with Crippen LogP contribution in [0.1, 0.15) is 13.3 Å². The Balaban J connectivity index is 2.56. The third-order valence-electron chi connectivity index (χ3n) is 2.52. The minimum Gasteiger partial charge on any atom is -0.491 e. The molecule has 0 bridgehead atoms. The molecule has 1 aromatic rings. The number of carbonyl (C=O) groups is 1. The maximum absolute atomic E-state index is 11.6. The molecule has 1 rings (SSSR count). The number of benzene rings is 1. The summed E-state index contributed by atoms with van der Waals surface area (Å²) in [6.07, 6.45) is 0.276. The molecule has 1 atom stereocenters. The topological polar surface area (TPSA) is 67.6 Å². The van der Waals surface area contributed by atoms with E-state index in [1.165, 1.54) is 0 Å². The zero-order chi connectivity index (χ0) is 15.1. The molecule has 0 aliphatic heterocycles. The van der Waals surface area contributed by atoms with E-state index in [1.807, 2.05) is 19.0 Å². The zero-order valence-electron chi connectivity index (χ0n) is 12.1. The first-order valence-electron chi connectivity index (χ1n) is 6.51. The number of anilines is 1. The van der Waals surface area contributed by atoms with Gasteiger partial charge in [0.2, 0.25) is 5.91 Å². The van der Waals surface area contributed by atoms with Crippen molar-refractivity contribution in [2.75, 3.05) is 32.6 Å². The van der Waals surface area contributed by atoms with Gasteiger partial charge in [-0.1, -0.05) is 11.6 Å². The first-order valence-corrected chi connectivity index (χ1v) is 6.89. The van der Waals surface area contributed by atoms with Gasteiger partial charge in [0.1, 0.15) is 12.4 Å². The van der Waals surface area contributed by atoms with Gasteiger partial charge in [0, 0.05) is 24.7 Å². The molecule has 1 aromatic carbocycles. The minimum atomic E-state index is -0.167. The lowest BCUT2D eigenvalue weighted by Gasteiger charge is -2.13. The van der Waals surface area contributed by atoms with Crippen LogP contribution < -0.4 is 15.8 Å². The van der Waals surface area contributed by atoms with Crippen molar-refractivity contribution in [2.45, 2.75) is 19.4 Å². The van der Waals surface area contributed by atoms with Gasteiger partial charge in [-0.3, -0.25) is 4.79 Å². The second kappa shape index (κ2) is 8.09. The Labute approximate surface area is 125 Å². The molecule has 0 fully saturated rings. The number of nitrogens with one attached hydrogen (secondary N) is 1. The average molecular weight is 300 g/mol. The molecule has 1 unspecified atom stereocenters. The van der Waals surface area contributed by atoms with Gasteiger partial charge in [-0.2, -0.15) is 0 Å². The Morgan fingerprint density at radius 1 is 1.50 bits per heavy atom. The lowest BCUT2D eigenvalue weighted by atomic mass is 10.2. The van der Waals surface area contributed by atoms with Gasteiger partial charge in [0.15, 0.2) is 0 Å². The highest BCUT2D eigenvalue weighted by molar-refractivity contribution is 6.32. The molecule has 1 amide bonds. The summed E-state index contributed by atoms with van der Waals surface area (Å²) in [7, 11) is 3.95. The minimum absolute atomic E-state index is 0.127. The Morgan fingerprint density at radius 3 is 2.75 bits per heavy atom. The Bertz CT molecular complexity index is 450. The fraction of sp³-hybridized carbons (Fsp3) is 0.500. The first-order chi connectivity index (χ1) is 9.38. The molecule has 6 heteroatoms. The Morgan fingerprint density at radius 2 is 2.20 bits per heavy atom. The van der Waals surface area contributed by atoms with Crippen LogP contribution in [0.3, 0.4) is 0 Å². The molecule has 0 aromatic heterocycles. The number of rotatable bonds is 7. The molecule has 20 heavy (non-hydrogen) atoms. The summed E-state index contributed by atoms with van der Waals surface area (Å²) in [6.45, 7) is 3.15. The quantitative estimate of drug-likeness (QED) is 0.807. The summed E-state index contributed by atoms with van der Waals surface area (Å²) in [6, 6.07) is 5.01. The van der Waals surface area contributed by atoms with Crippen LogP contribution in [0.5, 0.6) is 5.75 Å². The summed E-state index contributed by atoms with van der Waals surface area (Å²) in [5, 5.41) is 3.22. The van der Waals surface area contributed by atoms with Crippen LogP contribution in [-0.2, 0) is 4.79 Å². The molecule has 0 saturated carbocycles. The van der Waals surface area contributed by atoms with E-state index < -0.39 is 0 Å². The molecular formula is C14H22ClN3O2. The molecule has 5 nitrogen and oxygen atoms in total. The SMILES string of the molecule is CC(N)CC(=O)Nc1ccc(OCCN(C)C)c(Cl)c1. The van der Waals surface area contributed by atoms with Gasteiger partial charge in [-0.15, -0.1) is 0 Å². The van der Waals surface area contributed by atoms with E-state index in [0.29, 0.717) is 23.1 Å². The molecule has 3 N–H and O–H groups in total. The molecule has 0 saturated heterocycles. The second-order valence-corrected chi connectivity index (χ2v) is 5.43. The Kier molecular flexibility index (Phi) is 6.78. The fourth-order valence-electron chi connectivity index (χ4n) is 1.54. The van der Waals surface area contributed by atoms with Crippen molar-refractivity contribution in [3.8, 4) is 5.75 Å². The van der Waals surface area contributed by atoms with Crippen LogP contribution in [0.15, 0.2) is 18.2 Å². The van der Waals surface area contributed by atoms with Crippen molar-refractivity contribution in [2.24, 2.45) is 5.73 Å². The van der Waals surface area contributed by atoms with Crippen molar-refractivity contribution in [1.82, 2.24) is 4.90 Å². The predicted molar refractivity (Wildman–Crippen MR) is 82.4 cm³/mol. The summed E-state index contributed by atoms with van der Waals surface area (Å²) in [5.74, 6) is 0.482. The molecule has 0 aliphatic rings. The largest absolute Gasteiger partial charge is 0.491 e. The third kappa shape index (κ3) is 6.23. The van der Waals surface area contributed by atoms with Crippen LogP contribution >= 0.6 is 11.6 Å². The number of amides is 1. The molecule has 0 spiro atoms. The van der Waals surface area contributed by atoms with Gasteiger partial charge in [0.25, 0.3) is 0 Å². The van der Waals surface area contributed by atoms with E-state index in [1.54, 1.807) is 25.1 Å². The van der Waals surface area contributed by atoms with Gasteiger partial charge < -0.3 is 20.7 Å². The van der Waals surface area contributed by atoms with E-state index in [2.05, 4.69) is 5.32 Å². The number of carbonyl (C=O) groups excluding carboxylic acids is 1. The van der Waals surface area contributed by atoms with E-state index in [9.17, 15) is 4.79 Å². The zero-order valence-corrected chi connectivity index (χ0v) is 12.9. The number of nitrogens with zero attached hydrogens (tertiary/aromatic N) is 1. The number of likely N-dealkylation sites (N-methyl/N-ethyl adjacent to an activating group) is 1. The third-order valence-corrected chi connectivity index (χ3v) is 2.81. The first kappa shape index (κ1) is 16.8. The number of nitrogens with two attached hydrogens (primary N) is 1. The van der Waals surface area contributed by atoms with Crippen molar-refractivity contribution in [1.29, 1.82) is 0 Å². The van der Waals surface area contributed by atoms with Crippen LogP contribution in [-0.4, -0.2) is 44.1 Å². The second-order valence-electron chi connectivity index (χ2n) is 5.03. The highest BCUT2D eigenvalue weighted by Crippen LogP contribution is 2.27. The molecule has 112 valence electrons. The number of hydrogen-bond donors (Lipinski definition) is 2. The van der Waals surface area contributed by atoms with E-state index in [-0.39, 0.29) is 18.4 Å². The lowest BCUT2D eigenvalue weighted by molar-refractivity contribution is -0.116. The van der Waals surface area contributed by atoms with E-state index in [4.69, 9.17) is 22.1 Å². The standard InChI is InChI=1S/C14H22ClN3O2/c1-10(16)8-14(19)17-11-4-5-13(12(15)9-11)20-7-6-18(2)3/h4-5,9-10H,6-8,16H2,1-3H3,(H,17,19). The van der Waals surface area contributed by atoms with Gasteiger partial charge in [0.05, 0.1) is 5.02 Å². The highest BCUT2D eigenvalue weighted by atomic mass is 35.5. The summed E-state index contributed by atoms with van der Waals surface area (Å²) in [4.78, 5) is 13.6. The van der Waals surface area contributed by atoms with Crippen LogP contribution in [0.4, 0.5) is 5.69 Å². The predicted octanol–water partition coefficient (Wildman–Crippen LogP) is 1.96. The van der Waals surface area contributed by atoms with Crippen molar-refractivity contribution < 1.29 is 9.53 Å². The Hall–Kier alpha value is -1.30. The molecular weight excluding hydrogens is 278 g/mol. The van der Waals surface area contributed by atoms with Crippen molar-refractivity contribution in [3.05, 3.63) is 23.2 Å². The molecule has 0 radical (unpaired) electrons. The maximum atomic E-state index is 11.6. The maximum Gasteiger partial charge on any atom is 0.225 e. The van der Waals surface area contributed by atoms with Crippen molar-refractivity contribution in [3.63, 3.8) is 0 Å². The van der Waals surface area contributed by atoms with Crippen LogP contribution in [0.2, 0.25) is 5.02 Å². The summed E-state index contributed by atoms with van der Waals surface area (Å²) >= 11 is 6.12. The number of halogens is 1. The molecule has 0 heterocycles. The van der Waals surface area contributed by atoms with Gasteiger partial charge in [-0.25, -0.2) is 0 Å². The van der Waals surface area contributed by atoms with E-state index in [0.717, 1.165) is 6.54 Å². The molecule has 0 aliphatic carbocycles. The van der Waals surface area contributed by atoms with Crippen molar-refractivity contribution >= 4 is 23.2 Å². The van der Waals surface area contributed by atoms with Crippen LogP contribution in [0.25, 0.3) is 0 Å². The fourth-order valence-corrected chi connectivity index (χ4v) is 1.77. The van der Waals surface area contributed by atoms with Crippen LogP contribution in [0, 0.1) is 0 Å². The smallest absolute Gasteiger partial charge is 0.225 e. The summed E-state index contributed by atoms with van der Waals surface area (Å²) < 4.78 is 5.57. The normalized spacial score (nSPS) is 12.3. The number of hydrogen-bond acceptors (Lipinski definition) is 4. The monoisotopic (exact) mass is 299 g/mol. The van der Waals surface area contributed by atoms with E-state index >= 15 is 0 Å². The summed E-state index contributed by atoms with van der Waals surface area (Å²) in [5.41, 5.74) is 6.21. The number of ether oxygens (including phenoxy) is 1. The van der Waals surface area contributed by atoms with Gasteiger partial charge >= 0.3 is 0 Å². The van der Waals surface area contributed by atoms with Gasteiger partial charge in [-0.05, 0) is 39.2 Å². The highest BCUT2D eigenvalue weighted by Gasteiger charge is 2.08. The average Bonchev–Trinajstić information content (AvgIpc) is 2.30.